The van der Waals surface area contributed by atoms with Crippen LogP contribution in [0.1, 0.15) is 124 Å². The zero-order chi connectivity index (χ0) is 41.8. The molecule has 16 nitrogen and oxygen atoms in total. The first-order valence-electron chi connectivity index (χ1n) is 20.7. The van der Waals surface area contributed by atoms with Crippen LogP contribution in [0.4, 0.5) is 11.6 Å². The Hall–Kier alpha value is -6.71. The second-order valence-corrected chi connectivity index (χ2v) is 16.0. The molecule has 3 aliphatic rings. The molecule has 1 saturated carbocycles. The van der Waals surface area contributed by atoms with Crippen LogP contribution in [0.2, 0.25) is 0 Å². The topological polar surface area (TPSA) is 210 Å². The van der Waals surface area contributed by atoms with Crippen molar-refractivity contribution in [2.24, 2.45) is 0 Å². The number of nitrogens with one attached hydrogen (secondary N) is 4. The van der Waals surface area contributed by atoms with Crippen LogP contribution in [0.3, 0.4) is 0 Å². The number of aryl methyl sites for hydroxylation is 5. The molecule has 0 radical (unpaired) electrons. The molecule has 4 aromatic heterocycles. The molecular formula is C44H46N10O6. The summed E-state index contributed by atoms with van der Waals surface area (Å²) in [7, 11) is 0. The zero-order valence-electron chi connectivity index (χ0n) is 34.0. The Morgan fingerprint density at radius 3 is 2.50 bits per heavy atom. The molecule has 1 saturated heterocycles. The van der Waals surface area contributed by atoms with Crippen LogP contribution in [0.5, 0.6) is 0 Å². The molecule has 1 atom stereocenters. The Morgan fingerprint density at radius 1 is 0.933 bits per heavy atom. The maximum absolute atomic E-state index is 13.7. The van der Waals surface area contributed by atoms with E-state index in [4.69, 9.17) is 19.6 Å². The largest absolute Gasteiger partial charge is 0.361 e. The smallest absolute Gasteiger partial charge is 0.289 e. The van der Waals surface area contributed by atoms with Crippen molar-refractivity contribution in [1.29, 1.82) is 0 Å². The highest BCUT2D eigenvalue weighted by Crippen LogP contribution is 2.41. The fourth-order valence-electron chi connectivity index (χ4n) is 8.63. The van der Waals surface area contributed by atoms with Gasteiger partial charge in [0.05, 0.1) is 27.9 Å². The van der Waals surface area contributed by atoms with Crippen LogP contribution in [0, 0.1) is 20.8 Å². The fourth-order valence-corrected chi connectivity index (χ4v) is 8.63. The molecule has 16 heteroatoms. The number of amides is 5. The maximum atomic E-state index is 13.7. The predicted octanol–water partition coefficient (Wildman–Crippen LogP) is 6.46. The van der Waals surface area contributed by atoms with E-state index in [9.17, 15) is 24.0 Å². The van der Waals surface area contributed by atoms with Crippen LogP contribution in [0.25, 0.3) is 33.1 Å². The molecule has 60 heavy (non-hydrogen) atoms. The summed E-state index contributed by atoms with van der Waals surface area (Å²) in [5.74, 6) is 0.111. The average molecular weight is 811 g/mol. The number of benzene rings is 2. The predicted molar refractivity (Wildman–Crippen MR) is 222 cm³/mol. The third-order valence-electron chi connectivity index (χ3n) is 11.9. The highest BCUT2D eigenvalue weighted by Gasteiger charge is 2.45. The molecular weight excluding hydrogens is 765 g/mol. The Balaban J connectivity index is 0.882. The van der Waals surface area contributed by atoms with E-state index in [1.54, 1.807) is 12.1 Å². The van der Waals surface area contributed by atoms with Crippen LogP contribution >= 0.6 is 0 Å². The van der Waals surface area contributed by atoms with Gasteiger partial charge in [-0.15, -0.1) is 0 Å². The standard InChI is InChI=1S/C44H46N10O6/c1-5-53-33(21-30(51-53)25-14-15-25)47-39-37-29-19-22(2)28(35-23(3)52-60-24(35)4)20-31(29)46-38(37)49-40(50-39)42(57)45-18-9-7-6-8-11-26-12-10-13-27-36(26)44(59)54(43(27)58)32-16-17-34(55)48-41(32)56/h10,12-13,19-21,25,32H,5-9,11,14-18H2,1-4H3,(H,45,57)(H,48,55,56)(H2,46,47,49,50). The van der Waals surface area contributed by atoms with Crippen molar-refractivity contribution in [3.05, 3.63) is 81.6 Å². The van der Waals surface area contributed by atoms with E-state index in [1.165, 1.54) is 0 Å². The molecule has 2 fully saturated rings. The molecule has 308 valence electrons. The summed E-state index contributed by atoms with van der Waals surface area (Å²) in [5.41, 5.74) is 7.57. The lowest BCUT2D eigenvalue weighted by molar-refractivity contribution is -0.136. The SMILES string of the molecule is CCn1nc(C2CC2)cc1Nc1nc(C(=O)NCCCCCCc2cccc3c2C(=O)N(C2CCC(=O)NC2=O)C3=O)nc2[nH]c3cc(-c4c(C)noc4C)c(C)cc3c12. The van der Waals surface area contributed by atoms with Crippen LogP contribution in [-0.4, -0.2) is 76.9 Å². The van der Waals surface area contributed by atoms with E-state index in [-0.39, 0.29) is 24.2 Å². The highest BCUT2D eigenvalue weighted by atomic mass is 16.5. The van der Waals surface area contributed by atoms with Crippen molar-refractivity contribution in [3.63, 3.8) is 0 Å². The molecule has 2 aromatic carbocycles. The third kappa shape index (κ3) is 6.98. The van der Waals surface area contributed by atoms with Gasteiger partial charge in [0.1, 0.15) is 29.1 Å². The fraction of sp³-hybridized carbons (Fsp3) is 0.386. The molecule has 1 aliphatic carbocycles. The summed E-state index contributed by atoms with van der Waals surface area (Å²) in [6, 6.07) is 10.4. The first-order valence-corrected chi connectivity index (χ1v) is 20.7. The summed E-state index contributed by atoms with van der Waals surface area (Å²) in [4.78, 5) is 78.5. The Morgan fingerprint density at radius 2 is 1.75 bits per heavy atom. The highest BCUT2D eigenvalue weighted by molar-refractivity contribution is 6.24. The van der Waals surface area contributed by atoms with Crippen molar-refractivity contribution in [1.82, 2.24) is 45.4 Å². The lowest BCUT2D eigenvalue weighted by Gasteiger charge is -2.27. The number of hydrogen-bond donors (Lipinski definition) is 4. The number of imide groups is 2. The van der Waals surface area contributed by atoms with E-state index in [0.717, 1.165) is 98.5 Å². The van der Waals surface area contributed by atoms with Crippen molar-refractivity contribution in [2.75, 3.05) is 11.9 Å². The van der Waals surface area contributed by atoms with Gasteiger partial charge in [-0.1, -0.05) is 30.1 Å². The van der Waals surface area contributed by atoms with E-state index in [2.05, 4.69) is 51.2 Å². The lowest BCUT2D eigenvalue weighted by atomic mass is 9.97. The Bertz CT molecular complexity index is 2740. The lowest BCUT2D eigenvalue weighted by Crippen LogP contribution is -2.54. The Kier molecular flexibility index (Phi) is 10.0. The number of piperidine rings is 1. The first kappa shape index (κ1) is 38.8. The molecule has 9 rings (SSSR count). The number of aromatic amines is 1. The van der Waals surface area contributed by atoms with Gasteiger partial charge in [0.2, 0.25) is 17.6 Å². The summed E-state index contributed by atoms with van der Waals surface area (Å²) in [6.45, 7) is 9.01. The molecule has 0 bridgehead atoms. The normalized spacial score (nSPS) is 16.6. The number of rotatable bonds is 14. The first-order chi connectivity index (χ1) is 29.0. The van der Waals surface area contributed by atoms with Gasteiger partial charge in [-0.05, 0) is 101 Å². The average Bonchev–Trinajstić information content (AvgIpc) is 3.68. The number of aromatic nitrogens is 6. The number of unbranched alkanes of at least 4 members (excludes halogenated alkanes) is 3. The minimum atomic E-state index is -1.00. The summed E-state index contributed by atoms with van der Waals surface area (Å²) >= 11 is 0. The summed E-state index contributed by atoms with van der Waals surface area (Å²) in [5, 5.41) is 19.4. The Labute approximate surface area is 344 Å². The molecule has 2 aliphatic heterocycles. The number of hydrogen-bond acceptors (Lipinski definition) is 11. The summed E-state index contributed by atoms with van der Waals surface area (Å²) < 4.78 is 7.41. The minimum absolute atomic E-state index is 0.0349. The van der Waals surface area contributed by atoms with Gasteiger partial charge >= 0.3 is 0 Å². The second-order valence-electron chi connectivity index (χ2n) is 16.0. The number of nitrogens with zero attached hydrogens (tertiary/aromatic N) is 6. The van der Waals surface area contributed by atoms with Crippen LogP contribution < -0.4 is 16.0 Å². The second kappa shape index (κ2) is 15.5. The summed E-state index contributed by atoms with van der Waals surface area (Å²) in [6.07, 6.45) is 6.12. The van der Waals surface area contributed by atoms with Crippen molar-refractivity contribution >= 4 is 63.1 Å². The molecule has 0 spiro atoms. The molecule has 4 N–H and O–H groups in total. The van der Waals surface area contributed by atoms with E-state index in [1.807, 2.05) is 31.5 Å². The number of carbonyl (C=O) groups is 5. The quantitative estimate of drug-likeness (QED) is 0.0693. The molecule has 5 amide bonds. The van der Waals surface area contributed by atoms with Crippen molar-refractivity contribution in [2.45, 2.75) is 104 Å². The molecule has 6 heterocycles. The number of carbonyl (C=O) groups excluding carboxylic acids is 5. The van der Waals surface area contributed by atoms with Gasteiger partial charge in [0, 0.05) is 48.0 Å². The van der Waals surface area contributed by atoms with Gasteiger partial charge in [-0.3, -0.25) is 34.2 Å². The van der Waals surface area contributed by atoms with E-state index < -0.39 is 35.6 Å². The van der Waals surface area contributed by atoms with Gasteiger partial charge in [0.15, 0.2) is 0 Å². The van der Waals surface area contributed by atoms with E-state index >= 15 is 0 Å². The number of anilines is 2. The van der Waals surface area contributed by atoms with Gasteiger partial charge in [-0.2, -0.15) is 5.10 Å². The third-order valence-corrected chi connectivity index (χ3v) is 11.9. The van der Waals surface area contributed by atoms with Gasteiger partial charge in [-0.25, -0.2) is 14.6 Å². The zero-order valence-corrected chi connectivity index (χ0v) is 34.0. The van der Waals surface area contributed by atoms with Crippen LogP contribution in [0.15, 0.2) is 40.9 Å². The number of H-pyrrole nitrogens is 1. The minimum Gasteiger partial charge on any atom is -0.361 e. The van der Waals surface area contributed by atoms with Crippen LogP contribution in [-0.2, 0) is 22.6 Å². The van der Waals surface area contributed by atoms with E-state index in [0.29, 0.717) is 48.9 Å². The van der Waals surface area contributed by atoms with Crippen molar-refractivity contribution < 1.29 is 28.5 Å². The molecule has 6 aromatic rings. The van der Waals surface area contributed by atoms with Gasteiger partial charge in [0.25, 0.3) is 17.7 Å². The molecule has 1 unspecified atom stereocenters. The number of fused-ring (bicyclic) bond motifs is 4. The van der Waals surface area contributed by atoms with Gasteiger partial charge < -0.3 is 20.1 Å². The monoisotopic (exact) mass is 810 g/mol. The van der Waals surface area contributed by atoms with Crippen molar-refractivity contribution in [3.8, 4) is 11.1 Å². The maximum Gasteiger partial charge on any atom is 0.289 e.